The van der Waals surface area contributed by atoms with E-state index in [9.17, 15) is 14.9 Å². The first-order valence-electron chi connectivity index (χ1n) is 11.9. The number of ether oxygens (including phenoxy) is 1. The molecule has 0 radical (unpaired) electrons. The fraction of sp³-hybridized carbons (Fsp3) is 0.107. The normalized spacial score (nSPS) is 10.8. The highest BCUT2D eigenvalue weighted by Gasteiger charge is 2.23. The minimum atomic E-state index is -0.429. The molecule has 0 spiro atoms. The van der Waals surface area contributed by atoms with Crippen LogP contribution in [0.15, 0.2) is 101 Å². The van der Waals surface area contributed by atoms with Crippen LogP contribution in [0.3, 0.4) is 0 Å². The number of methoxy groups -OCH3 is 1. The van der Waals surface area contributed by atoms with Crippen LogP contribution >= 0.6 is 11.8 Å². The lowest BCUT2D eigenvalue weighted by Crippen LogP contribution is -2.22. The molecular weight excluding hydrogens is 518 g/mol. The van der Waals surface area contributed by atoms with Crippen molar-refractivity contribution in [3.8, 4) is 22.8 Å². The molecule has 0 aliphatic carbocycles. The standard InChI is InChI=1S/C28H23N5O5S/c1-37-22-14-12-21(13-15-22)32-26(24-6-2-3-7-25(24)33(35)36)30-31-28(32)39-18-19-8-10-20(11-9-19)27(34)29-17-23-5-4-16-38-23/h2-16H,17-18H2,1H3,(H,29,34). The van der Waals surface area contributed by atoms with E-state index < -0.39 is 4.92 Å². The third-order valence-electron chi connectivity index (χ3n) is 5.89. The van der Waals surface area contributed by atoms with Crippen molar-refractivity contribution in [3.63, 3.8) is 0 Å². The predicted molar refractivity (Wildman–Crippen MR) is 146 cm³/mol. The molecule has 0 aliphatic rings. The van der Waals surface area contributed by atoms with E-state index in [1.807, 2.05) is 36.4 Å². The molecule has 196 valence electrons. The number of thioether (sulfide) groups is 1. The van der Waals surface area contributed by atoms with E-state index in [1.54, 1.807) is 60.4 Å². The Morgan fingerprint density at radius 1 is 1.03 bits per heavy atom. The number of carbonyl (C=O) groups excluding carboxylic acids is 1. The van der Waals surface area contributed by atoms with Crippen LogP contribution in [0.25, 0.3) is 17.1 Å². The number of rotatable bonds is 10. The number of benzene rings is 3. The highest BCUT2D eigenvalue weighted by atomic mass is 32.2. The van der Waals surface area contributed by atoms with Crippen LogP contribution < -0.4 is 10.1 Å². The third-order valence-corrected chi connectivity index (χ3v) is 6.89. The average molecular weight is 542 g/mol. The summed E-state index contributed by atoms with van der Waals surface area (Å²) in [6.45, 7) is 0.312. The molecule has 0 aliphatic heterocycles. The summed E-state index contributed by atoms with van der Waals surface area (Å²) >= 11 is 1.43. The van der Waals surface area contributed by atoms with Gasteiger partial charge in [-0.2, -0.15) is 0 Å². The van der Waals surface area contributed by atoms with Gasteiger partial charge in [0.05, 0.1) is 36.1 Å². The van der Waals surface area contributed by atoms with Gasteiger partial charge in [0.1, 0.15) is 11.5 Å². The zero-order valence-electron chi connectivity index (χ0n) is 20.8. The molecule has 1 N–H and O–H groups in total. The lowest BCUT2D eigenvalue weighted by atomic mass is 10.1. The zero-order chi connectivity index (χ0) is 27.2. The number of hydrogen-bond acceptors (Lipinski definition) is 8. The molecule has 39 heavy (non-hydrogen) atoms. The predicted octanol–water partition coefficient (Wildman–Crippen LogP) is 5.67. The molecule has 3 aromatic carbocycles. The maximum absolute atomic E-state index is 12.5. The van der Waals surface area contributed by atoms with Crippen LogP contribution in [-0.2, 0) is 12.3 Å². The second-order valence-corrected chi connectivity index (χ2v) is 9.30. The molecule has 0 saturated carbocycles. The largest absolute Gasteiger partial charge is 0.497 e. The van der Waals surface area contributed by atoms with E-state index >= 15 is 0 Å². The van der Waals surface area contributed by atoms with Crippen LogP contribution in [-0.4, -0.2) is 32.7 Å². The number of para-hydroxylation sites is 1. The Balaban J connectivity index is 1.38. The van der Waals surface area contributed by atoms with Crippen LogP contribution in [0.5, 0.6) is 5.75 Å². The fourth-order valence-corrected chi connectivity index (χ4v) is 4.81. The van der Waals surface area contributed by atoms with Gasteiger partial charge in [-0.25, -0.2) is 0 Å². The molecule has 2 aromatic heterocycles. The van der Waals surface area contributed by atoms with E-state index in [-0.39, 0.29) is 11.6 Å². The van der Waals surface area contributed by atoms with Gasteiger partial charge in [0, 0.05) is 17.4 Å². The van der Waals surface area contributed by atoms with Crippen molar-refractivity contribution >= 4 is 23.4 Å². The lowest BCUT2D eigenvalue weighted by molar-refractivity contribution is -0.384. The molecule has 10 nitrogen and oxygen atoms in total. The molecule has 1 amide bonds. The summed E-state index contributed by atoms with van der Waals surface area (Å²) in [5.41, 5.74) is 2.55. The summed E-state index contributed by atoms with van der Waals surface area (Å²) in [4.78, 5) is 23.7. The van der Waals surface area contributed by atoms with E-state index in [0.29, 0.717) is 45.9 Å². The second kappa shape index (κ2) is 11.7. The number of amides is 1. The van der Waals surface area contributed by atoms with Gasteiger partial charge in [-0.3, -0.25) is 19.5 Å². The molecule has 0 bridgehead atoms. The molecule has 2 heterocycles. The van der Waals surface area contributed by atoms with Crippen molar-refractivity contribution in [2.45, 2.75) is 17.5 Å². The van der Waals surface area contributed by atoms with Crippen LogP contribution in [0.4, 0.5) is 5.69 Å². The van der Waals surface area contributed by atoms with Crippen LogP contribution in [0.2, 0.25) is 0 Å². The summed E-state index contributed by atoms with van der Waals surface area (Å²) in [5.74, 6) is 2.07. The van der Waals surface area contributed by atoms with Crippen molar-refractivity contribution in [2.75, 3.05) is 7.11 Å². The van der Waals surface area contributed by atoms with Gasteiger partial charge < -0.3 is 14.5 Å². The SMILES string of the molecule is COc1ccc(-n2c(SCc3ccc(C(=O)NCc4ccco4)cc3)nnc2-c2ccccc2[N+](=O)[O-])cc1. The Kier molecular flexibility index (Phi) is 7.69. The molecule has 0 atom stereocenters. The maximum Gasteiger partial charge on any atom is 0.280 e. The number of nitro groups is 1. The number of carbonyl (C=O) groups is 1. The Labute approximate surface area is 227 Å². The van der Waals surface area contributed by atoms with E-state index in [1.165, 1.54) is 17.8 Å². The zero-order valence-corrected chi connectivity index (χ0v) is 21.6. The van der Waals surface area contributed by atoms with Crippen molar-refractivity contribution in [2.24, 2.45) is 0 Å². The number of furan rings is 1. The Morgan fingerprint density at radius 3 is 2.49 bits per heavy atom. The Bertz CT molecular complexity index is 1580. The molecule has 5 aromatic rings. The molecule has 5 rings (SSSR count). The number of hydrogen-bond donors (Lipinski definition) is 1. The summed E-state index contributed by atoms with van der Waals surface area (Å²) in [6.07, 6.45) is 1.56. The average Bonchev–Trinajstić information content (AvgIpc) is 3.65. The first-order valence-corrected chi connectivity index (χ1v) is 12.9. The van der Waals surface area contributed by atoms with Crippen LogP contribution in [0.1, 0.15) is 21.7 Å². The fourth-order valence-electron chi connectivity index (χ4n) is 3.91. The first kappa shape index (κ1) is 25.7. The summed E-state index contributed by atoms with van der Waals surface area (Å²) in [6, 6.07) is 24.6. The van der Waals surface area contributed by atoms with E-state index in [2.05, 4.69) is 15.5 Å². The minimum Gasteiger partial charge on any atom is -0.497 e. The monoisotopic (exact) mass is 541 g/mol. The van der Waals surface area contributed by atoms with Gasteiger partial charge in [-0.05, 0) is 60.2 Å². The van der Waals surface area contributed by atoms with Gasteiger partial charge >= 0.3 is 0 Å². The first-order chi connectivity index (χ1) is 19.0. The summed E-state index contributed by atoms with van der Waals surface area (Å²) in [7, 11) is 1.59. The number of aromatic nitrogens is 3. The highest BCUT2D eigenvalue weighted by Crippen LogP contribution is 2.34. The summed E-state index contributed by atoms with van der Waals surface area (Å²) in [5, 5.41) is 23.8. The van der Waals surface area contributed by atoms with Crippen molar-refractivity contribution in [1.29, 1.82) is 0 Å². The molecule has 11 heteroatoms. The second-order valence-electron chi connectivity index (χ2n) is 8.36. The van der Waals surface area contributed by atoms with Gasteiger partial charge in [-0.1, -0.05) is 36.0 Å². The molecular formula is C28H23N5O5S. The Morgan fingerprint density at radius 2 is 1.79 bits per heavy atom. The van der Waals surface area contributed by atoms with Gasteiger partial charge in [0.25, 0.3) is 11.6 Å². The van der Waals surface area contributed by atoms with Gasteiger partial charge in [-0.15, -0.1) is 10.2 Å². The maximum atomic E-state index is 12.5. The van der Waals surface area contributed by atoms with Gasteiger partial charge in [0.15, 0.2) is 11.0 Å². The smallest absolute Gasteiger partial charge is 0.280 e. The van der Waals surface area contributed by atoms with E-state index in [4.69, 9.17) is 9.15 Å². The number of nitrogens with one attached hydrogen (secondary N) is 1. The van der Waals surface area contributed by atoms with Crippen LogP contribution in [0, 0.1) is 10.1 Å². The van der Waals surface area contributed by atoms with Gasteiger partial charge in [0.2, 0.25) is 0 Å². The highest BCUT2D eigenvalue weighted by molar-refractivity contribution is 7.98. The van der Waals surface area contributed by atoms with E-state index in [0.717, 1.165) is 11.3 Å². The number of nitro benzene ring substituents is 1. The Hall–Kier alpha value is -4.90. The number of nitrogens with zero attached hydrogens (tertiary/aromatic N) is 4. The topological polar surface area (TPSA) is 125 Å². The molecule has 0 fully saturated rings. The minimum absolute atomic E-state index is 0.0582. The quantitative estimate of drug-likeness (QED) is 0.136. The molecule has 0 unspecified atom stereocenters. The van der Waals surface area contributed by atoms with Crippen molar-refractivity contribution < 1.29 is 18.9 Å². The van der Waals surface area contributed by atoms with Crippen molar-refractivity contribution in [3.05, 3.63) is 118 Å². The third kappa shape index (κ3) is 5.83. The van der Waals surface area contributed by atoms with Crippen molar-refractivity contribution in [1.82, 2.24) is 20.1 Å². The summed E-state index contributed by atoms with van der Waals surface area (Å²) < 4.78 is 12.3. The molecule has 0 saturated heterocycles. The lowest BCUT2D eigenvalue weighted by Gasteiger charge is -2.11.